The molecule has 2 nitrogen and oxygen atoms in total. The van der Waals surface area contributed by atoms with E-state index in [0.717, 1.165) is 24.6 Å². The van der Waals surface area contributed by atoms with Gasteiger partial charge in [0.1, 0.15) is 0 Å². The van der Waals surface area contributed by atoms with Crippen LogP contribution in [0.3, 0.4) is 0 Å². The van der Waals surface area contributed by atoms with Crippen molar-refractivity contribution in [3.8, 4) is 0 Å². The van der Waals surface area contributed by atoms with Gasteiger partial charge in [0, 0.05) is 16.3 Å². The van der Waals surface area contributed by atoms with Crippen LogP contribution in [-0.4, -0.2) is 22.5 Å². The molecule has 1 aliphatic heterocycles. The van der Waals surface area contributed by atoms with E-state index in [0.29, 0.717) is 6.04 Å². The molecule has 0 fully saturated rings. The number of hydrogen-bond donors (Lipinski definition) is 1. The predicted molar refractivity (Wildman–Crippen MR) is 80.4 cm³/mol. The molecule has 4 heteroatoms. The van der Waals surface area contributed by atoms with Gasteiger partial charge < -0.3 is 5.32 Å². The monoisotopic (exact) mass is 327 g/mol. The lowest BCUT2D eigenvalue weighted by atomic mass is 10.1. The summed E-state index contributed by atoms with van der Waals surface area (Å²) in [5.41, 5.74) is 1.30. The highest BCUT2D eigenvalue weighted by Crippen LogP contribution is 2.36. The van der Waals surface area contributed by atoms with Gasteiger partial charge in [0.05, 0.1) is 5.25 Å². The lowest BCUT2D eigenvalue weighted by molar-refractivity contribution is -0.121. The summed E-state index contributed by atoms with van der Waals surface area (Å²) >= 11 is 5.12. The summed E-state index contributed by atoms with van der Waals surface area (Å²) in [6.45, 7) is 2.12. The third-order valence-corrected chi connectivity index (χ3v) is 5.01. The second-order valence-corrected chi connectivity index (χ2v) is 6.55. The zero-order valence-corrected chi connectivity index (χ0v) is 12.9. The lowest BCUT2D eigenvalue weighted by Gasteiger charge is -2.18. The Labute approximate surface area is 121 Å². The number of nitrogens with one attached hydrogen (secondary N) is 1. The van der Waals surface area contributed by atoms with Gasteiger partial charge in [-0.2, -0.15) is 0 Å². The van der Waals surface area contributed by atoms with Crippen molar-refractivity contribution in [2.45, 2.75) is 42.4 Å². The van der Waals surface area contributed by atoms with E-state index < -0.39 is 0 Å². The minimum Gasteiger partial charge on any atom is -0.352 e. The largest absolute Gasteiger partial charge is 0.352 e. The first kappa shape index (κ1) is 13.9. The zero-order chi connectivity index (χ0) is 13.0. The van der Waals surface area contributed by atoms with E-state index in [-0.39, 0.29) is 11.2 Å². The van der Waals surface area contributed by atoms with Crippen molar-refractivity contribution < 1.29 is 4.79 Å². The number of amides is 1. The Kier molecular flexibility index (Phi) is 5.13. The molecule has 0 saturated heterocycles. The molecule has 2 unspecified atom stereocenters. The fourth-order valence-corrected chi connectivity index (χ4v) is 3.89. The number of carbonyl (C=O) groups excluding carboxylic acids is 1. The van der Waals surface area contributed by atoms with E-state index in [9.17, 15) is 4.79 Å². The third kappa shape index (κ3) is 3.29. The first-order chi connectivity index (χ1) is 8.74. The smallest absolute Gasteiger partial charge is 0.234 e. The molecule has 1 N–H and O–H groups in total. The highest BCUT2D eigenvalue weighted by Gasteiger charge is 2.28. The topological polar surface area (TPSA) is 29.1 Å². The van der Waals surface area contributed by atoms with Gasteiger partial charge >= 0.3 is 0 Å². The summed E-state index contributed by atoms with van der Waals surface area (Å²) in [6, 6.07) is 8.58. The van der Waals surface area contributed by atoms with E-state index >= 15 is 0 Å². The molecule has 2 rings (SSSR count). The number of carbonyl (C=O) groups is 1. The summed E-state index contributed by atoms with van der Waals surface area (Å²) in [5, 5.41) is 4.14. The Hall–Kier alpha value is -0.480. The average molecular weight is 328 g/mol. The standard InChI is InChI=1S/C14H18BrNOS/c1-2-11(7-8-15)16-14(17)13-9-10-5-3-4-6-12(10)18-13/h3-6,11,13H,2,7-9H2,1H3,(H,16,17). The van der Waals surface area contributed by atoms with Gasteiger partial charge in [-0.25, -0.2) is 0 Å². The lowest BCUT2D eigenvalue weighted by Crippen LogP contribution is -2.40. The molecular weight excluding hydrogens is 310 g/mol. The number of benzene rings is 1. The fraction of sp³-hybridized carbons (Fsp3) is 0.500. The third-order valence-electron chi connectivity index (χ3n) is 3.24. The van der Waals surface area contributed by atoms with Crippen LogP contribution >= 0.6 is 27.7 Å². The Morgan fingerprint density at radius 1 is 1.56 bits per heavy atom. The summed E-state index contributed by atoms with van der Waals surface area (Å²) < 4.78 is 0. The van der Waals surface area contributed by atoms with E-state index in [1.807, 2.05) is 12.1 Å². The molecule has 0 bridgehead atoms. The van der Waals surface area contributed by atoms with Crippen LogP contribution in [0.4, 0.5) is 0 Å². The molecule has 1 aromatic carbocycles. The highest BCUT2D eigenvalue weighted by molar-refractivity contribution is 9.09. The summed E-state index contributed by atoms with van der Waals surface area (Å²) in [7, 11) is 0. The molecule has 1 amide bonds. The first-order valence-corrected chi connectivity index (χ1v) is 8.35. The van der Waals surface area contributed by atoms with Gasteiger partial charge in [0.2, 0.25) is 5.91 Å². The molecule has 0 aliphatic carbocycles. The van der Waals surface area contributed by atoms with Gasteiger partial charge in [-0.3, -0.25) is 4.79 Å². The van der Waals surface area contributed by atoms with Crippen LogP contribution in [0.15, 0.2) is 29.2 Å². The Balaban J connectivity index is 1.92. The second kappa shape index (κ2) is 6.62. The molecule has 2 atom stereocenters. The van der Waals surface area contributed by atoms with Crippen molar-refractivity contribution in [1.29, 1.82) is 0 Å². The zero-order valence-electron chi connectivity index (χ0n) is 10.5. The first-order valence-electron chi connectivity index (χ1n) is 6.35. The van der Waals surface area contributed by atoms with Crippen LogP contribution in [0.25, 0.3) is 0 Å². The second-order valence-electron chi connectivity index (χ2n) is 4.51. The predicted octanol–water partition coefficient (Wildman–Crippen LogP) is 3.38. The number of alkyl halides is 1. The van der Waals surface area contributed by atoms with Crippen molar-refractivity contribution in [2.75, 3.05) is 5.33 Å². The van der Waals surface area contributed by atoms with Gasteiger partial charge in [0.15, 0.2) is 0 Å². The molecule has 0 spiro atoms. The highest BCUT2D eigenvalue weighted by atomic mass is 79.9. The van der Waals surface area contributed by atoms with Crippen molar-refractivity contribution in [3.63, 3.8) is 0 Å². The molecule has 1 aliphatic rings. The minimum absolute atomic E-state index is 0.0479. The Morgan fingerprint density at radius 2 is 2.33 bits per heavy atom. The summed E-state index contributed by atoms with van der Waals surface area (Å²) in [4.78, 5) is 13.5. The Morgan fingerprint density at radius 3 is 3.00 bits per heavy atom. The fourth-order valence-electron chi connectivity index (χ4n) is 2.13. The van der Waals surface area contributed by atoms with Crippen molar-refractivity contribution in [1.82, 2.24) is 5.32 Å². The molecule has 1 aromatic rings. The summed E-state index contributed by atoms with van der Waals surface area (Å²) in [6.07, 6.45) is 2.84. The van der Waals surface area contributed by atoms with Crippen molar-refractivity contribution in [2.24, 2.45) is 0 Å². The maximum atomic E-state index is 12.2. The van der Waals surface area contributed by atoms with Crippen LogP contribution in [0.2, 0.25) is 0 Å². The van der Waals surface area contributed by atoms with E-state index in [2.05, 4.69) is 40.3 Å². The maximum absolute atomic E-state index is 12.2. The van der Waals surface area contributed by atoms with E-state index in [1.165, 1.54) is 10.5 Å². The normalized spacial score (nSPS) is 19.3. The number of thioether (sulfide) groups is 1. The van der Waals surface area contributed by atoms with Gasteiger partial charge in [-0.05, 0) is 30.9 Å². The number of halogens is 1. The molecule has 0 radical (unpaired) electrons. The Bertz CT molecular complexity index is 399. The van der Waals surface area contributed by atoms with Crippen LogP contribution in [0.5, 0.6) is 0 Å². The molecule has 18 heavy (non-hydrogen) atoms. The minimum atomic E-state index is 0.0479. The molecular formula is C14H18BrNOS. The quantitative estimate of drug-likeness (QED) is 0.840. The average Bonchev–Trinajstić information content (AvgIpc) is 2.82. The van der Waals surface area contributed by atoms with Gasteiger partial charge in [-0.15, -0.1) is 11.8 Å². The molecule has 1 heterocycles. The van der Waals surface area contributed by atoms with Crippen LogP contribution in [-0.2, 0) is 11.2 Å². The number of fused-ring (bicyclic) bond motifs is 1. The van der Waals surface area contributed by atoms with Crippen molar-refractivity contribution in [3.05, 3.63) is 29.8 Å². The molecule has 0 saturated carbocycles. The maximum Gasteiger partial charge on any atom is 0.234 e. The van der Waals surface area contributed by atoms with Crippen LogP contribution in [0, 0.1) is 0 Å². The van der Waals surface area contributed by atoms with E-state index in [4.69, 9.17) is 0 Å². The van der Waals surface area contributed by atoms with Gasteiger partial charge in [0.25, 0.3) is 0 Å². The number of hydrogen-bond acceptors (Lipinski definition) is 2. The summed E-state index contributed by atoms with van der Waals surface area (Å²) in [5.74, 6) is 0.184. The van der Waals surface area contributed by atoms with Gasteiger partial charge in [-0.1, -0.05) is 41.1 Å². The van der Waals surface area contributed by atoms with Crippen LogP contribution in [0.1, 0.15) is 25.3 Å². The molecule has 98 valence electrons. The SMILES string of the molecule is CCC(CCBr)NC(=O)C1Cc2ccccc2S1. The molecule has 0 aromatic heterocycles. The number of rotatable bonds is 5. The van der Waals surface area contributed by atoms with E-state index in [1.54, 1.807) is 11.8 Å². The van der Waals surface area contributed by atoms with Crippen molar-refractivity contribution >= 4 is 33.6 Å². The van der Waals surface area contributed by atoms with Crippen LogP contribution < -0.4 is 5.32 Å².